The van der Waals surface area contributed by atoms with Crippen LogP contribution in [0.5, 0.6) is 0 Å². The van der Waals surface area contributed by atoms with Gasteiger partial charge in [-0.25, -0.2) is 12.8 Å². The van der Waals surface area contributed by atoms with E-state index in [1.165, 1.54) is 12.1 Å². The van der Waals surface area contributed by atoms with Gasteiger partial charge in [0.2, 0.25) is 5.91 Å². The molecule has 0 aromatic heterocycles. The molecule has 1 aromatic rings. The number of piperazine rings is 1. The molecule has 0 spiro atoms. The van der Waals surface area contributed by atoms with E-state index in [0.29, 0.717) is 32.5 Å². The summed E-state index contributed by atoms with van der Waals surface area (Å²) >= 11 is 0. The lowest BCUT2D eigenvalue weighted by Gasteiger charge is -2.41. The second-order valence-electron chi connectivity index (χ2n) is 7.19. The Labute approximate surface area is 148 Å². The monoisotopic (exact) mass is 368 g/mol. The molecule has 0 bridgehead atoms. The molecule has 2 fully saturated rings. The maximum absolute atomic E-state index is 13.4. The highest BCUT2D eigenvalue weighted by atomic mass is 32.2. The standard InChI is InChI=1S/C18H25FN2O3S/c1-14-12-20(17-6-2-5-16(19)11-17)7-8-21(14)18(22)10-15-4-3-9-25(23,24)13-15/h2,5-6,11,14-15H,3-4,7-10,12-13H2,1H3. The molecule has 2 saturated heterocycles. The number of benzene rings is 1. The molecule has 25 heavy (non-hydrogen) atoms. The molecular weight excluding hydrogens is 343 g/mol. The SMILES string of the molecule is CC1CN(c2cccc(F)c2)CCN1C(=O)CC1CCCS(=O)(=O)C1. The summed E-state index contributed by atoms with van der Waals surface area (Å²) in [5, 5.41) is 0. The number of carbonyl (C=O) groups excluding carboxylic acids is 1. The third kappa shape index (κ3) is 4.51. The first kappa shape index (κ1) is 18.2. The van der Waals surface area contributed by atoms with Crippen LogP contribution >= 0.6 is 0 Å². The summed E-state index contributed by atoms with van der Waals surface area (Å²) in [5.41, 5.74) is 0.831. The Morgan fingerprint density at radius 1 is 1.32 bits per heavy atom. The van der Waals surface area contributed by atoms with E-state index in [0.717, 1.165) is 12.1 Å². The Morgan fingerprint density at radius 2 is 2.12 bits per heavy atom. The number of amides is 1. The van der Waals surface area contributed by atoms with Crippen LogP contribution in [0.1, 0.15) is 26.2 Å². The average molecular weight is 368 g/mol. The molecular formula is C18H25FN2O3S. The van der Waals surface area contributed by atoms with E-state index in [2.05, 4.69) is 4.90 Å². The molecule has 0 N–H and O–H groups in total. The zero-order valence-electron chi connectivity index (χ0n) is 14.5. The van der Waals surface area contributed by atoms with Crippen LogP contribution in [0.25, 0.3) is 0 Å². The van der Waals surface area contributed by atoms with Gasteiger partial charge < -0.3 is 9.80 Å². The van der Waals surface area contributed by atoms with Crippen molar-refractivity contribution in [2.75, 3.05) is 36.0 Å². The fourth-order valence-corrected chi connectivity index (χ4v) is 5.65. The number of sulfone groups is 1. The van der Waals surface area contributed by atoms with E-state index in [4.69, 9.17) is 0 Å². The third-order valence-corrected chi connectivity index (χ3v) is 7.03. The lowest BCUT2D eigenvalue weighted by atomic mass is 10.00. The maximum Gasteiger partial charge on any atom is 0.223 e. The van der Waals surface area contributed by atoms with Crippen LogP contribution in [0.3, 0.4) is 0 Å². The van der Waals surface area contributed by atoms with Crippen LogP contribution in [-0.4, -0.2) is 56.4 Å². The molecule has 0 aliphatic carbocycles. The molecule has 0 saturated carbocycles. The zero-order chi connectivity index (χ0) is 18.0. The van der Waals surface area contributed by atoms with E-state index < -0.39 is 9.84 Å². The minimum absolute atomic E-state index is 0.0183. The largest absolute Gasteiger partial charge is 0.368 e. The Bertz CT molecular complexity index is 738. The number of hydrogen-bond acceptors (Lipinski definition) is 4. The summed E-state index contributed by atoms with van der Waals surface area (Å²) in [6.45, 7) is 3.87. The van der Waals surface area contributed by atoms with Gasteiger partial charge in [-0.05, 0) is 43.9 Å². The molecule has 3 rings (SSSR count). The lowest BCUT2D eigenvalue weighted by Crippen LogP contribution is -2.54. The van der Waals surface area contributed by atoms with Crippen molar-refractivity contribution in [2.45, 2.75) is 32.2 Å². The number of nitrogens with zero attached hydrogens (tertiary/aromatic N) is 2. The van der Waals surface area contributed by atoms with E-state index >= 15 is 0 Å². The van der Waals surface area contributed by atoms with Gasteiger partial charge in [-0.15, -0.1) is 0 Å². The molecule has 2 aliphatic heterocycles. The smallest absolute Gasteiger partial charge is 0.223 e. The van der Waals surface area contributed by atoms with Gasteiger partial charge >= 0.3 is 0 Å². The molecule has 2 aliphatic rings. The summed E-state index contributed by atoms with van der Waals surface area (Å²) in [4.78, 5) is 16.6. The minimum atomic E-state index is -2.99. The topological polar surface area (TPSA) is 57.7 Å². The van der Waals surface area contributed by atoms with Crippen LogP contribution in [-0.2, 0) is 14.6 Å². The highest BCUT2D eigenvalue weighted by molar-refractivity contribution is 7.91. The maximum atomic E-state index is 13.4. The summed E-state index contributed by atoms with van der Waals surface area (Å²) in [6, 6.07) is 6.52. The molecule has 1 aromatic carbocycles. The van der Waals surface area contributed by atoms with Crippen molar-refractivity contribution < 1.29 is 17.6 Å². The molecule has 1 amide bonds. The predicted octanol–water partition coefficient (Wildman–Crippen LogP) is 2.08. The summed E-state index contributed by atoms with van der Waals surface area (Å²) in [5.74, 6) is 0.104. The molecule has 2 unspecified atom stereocenters. The number of hydrogen-bond donors (Lipinski definition) is 0. The zero-order valence-corrected chi connectivity index (χ0v) is 15.3. The van der Waals surface area contributed by atoms with Crippen LogP contribution in [0, 0.1) is 11.7 Å². The average Bonchev–Trinajstić information content (AvgIpc) is 2.53. The number of rotatable bonds is 3. The second kappa shape index (κ2) is 7.32. The number of anilines is 1. The Balaban J connectivity index is 1.58. The van der Waals surface area contributed by atoms with Gasteiger partial charge in [0.1, 0.15) is 5.82 Å². The Hall–Kier alpha value is -1.63. The van der Waals surface area contributed by atoms with Crippen molar-refractivity contribution in [3.63, 3.8) is 0 Å². The van der Waals surface area contributed by atoms with Gasteiger partial charge in [-0.2, -0.15) is 0 Å². The van der Waals surface area contributed by atoms with Gasteiger partial charge in [0.25, 0.3) is 0 Å². The highest BCUT2D eigenvalue weighted by Crippen LogP contribution is 2.25. The van der Waals surface area contributed by atoms with Crippen LogP contribution in [0.2, 0.25) is 0 Å². The third-order valence-electron chi connectivity index (χ3n) is 5.14. The van der Waals surface area contributed by atoms with Gasteiger partial charge in [-0.3, -0.25) is 4.79 Å². The quantitative estimate of drug-likeness (QED) is 0.820. The molecule has 7 heteroatoms. The van der Waals surface area contributed by atoms with E-state index in [1.54, 1.807) is 6.07 Å². The highest BCUT2D eigenvalue weighted by Gasteiger charge is 2.31. The molecule has 138 valence electrons. The van der Waals surface area contributed by atoms with Crippen LogP contribution in [0.15, 0.2) is 24.3 Å². The van der Waals surface area contributed by atoms with Crippen molar-refractivity contribution in [2.24, 2.45) is 5.92 Å². The van der Waals surface area contributed by atoms with Gasteiger partial charge in [0, 0.05) is 37.8 Å². The van der Waals surface area contributed by atoms with Gasteiger partial charge in [0.05, 0.1) is 11.5 Å². The summed E-state index contributed by atoms with van der Waals surface area (Å²) < 4.78 is 36.9. The fraction of sp³-hybridized carbons (Fsp3) is 0.611. The van der Waals surface area contributed by atoms with Gasteiger partial charge in [-0.1, -0.05) is 6.07 Å². The minimum Gasteiger partial charge on any atom is -0.368 e. The summed E-state index contributed by atoms with van der Waals surface area (Å²) in [6.07, 6.45) is 1.77. The predicted molar refractivity (Wildman–Crippen MR) is 95.8 cm³/mol. The van der Waals surface area contributed by atoms with Crippen molar-refractivity contribution >= 4 is 21.4 Å². The number of carbonyl (C=O) groups is 1. The van der Waals surface area contributed by atoms with E-state index in [-0.39, 0.29) is 35.2 Å². The van der Waals surface area contributed by atoms with Crippen LogP contribution in [0.4, 0.5) is 10.1 Å². The first-order valence-corrected chi connectivity index (χ1v) is 10.7. The van der Waals surface area contributed by atoms with E-state index in [1.807, 2.05) is 17.9 Å². The molecule has 2 heterocycles. The lowest BCUT2D eigenvalue weighted by molar-refractivity contribution is -0.134. The van der Waals surface area contributed by atoms with Crippen molar-refractivity contribution in [3.05, 3.63) is 30.1 Å². The van der Waals surface area contributed by atoms with Crippen molar-refractivity contribution in [1.29, 1.82) is 0 Å². The van der Waals surface area contributed by atoms with Crippen LogP contribution < -0.4 is 4.90 Å². The van der Waals surface area contributed by atoms with Crippen molar-refractivity contribution in [1.82, 2.24) is 4.90 Å². The first-order valence-electron chi connectivity index (χ1n) is 8.84. The molecule has 0 radical (unpaired) electrons. The normalized spacial score (nSPS) is 26.5. The summed E-state index contributed by atoms with van der Waals surface area (Å²) in [7, 11) is -2.99. The number of halogens is 1. The second-order valence-corrected chi connectivity index (χ2v) is 9.42. The van der Waals surface area contributed by atoms with Crippen molar-refractivity contribution in [3.8, 4) is 0 Å². The van der Waals surface area contributed by atoms with E-state index in [9.17, 15) is 17.6 Å². The molecule has 5 nitrogen and oxygen atoms in total. The Kier molecular flexibility index (Phi) is 5.32. The fourth-order valence-electron chi connectivity index (χ4n) is 3.88. The molecule has 2 atom stereocenters. The van der Waals surface area contributed by atoms with Gasteiger partial charge in [0.15, 0.2) is 9.84 Å². The first-order chi connectivity index (χ1) is 11.8. The Morgan fingerprint density at radius 3 is 2.80 bits per heavy atom.